The van der Waals surface area contributed by atoms with Gasteiger partial charge in [0.2, 0.25) is 11.8 Å². The predicted molar refractivity (Wildman–Crippen MR) is 111 cm³/mol. The van der Waals surface area contributed by atoms with Crippen LogP contribution < -0.4 is 5.32 Å². The van der Waals surface area contributed by atoms with Gasteiger partial charge in [0.1, 0.15) is 0 Å². The number of nitrogens with one attached hydrogen (secondary N) is 1. The summed E-state index contributed by atoms with van der Waals surface area (Å²) in [5.74, 6) is -0.434. The van der Waals surface area contributed by atoms with Crippen molar-refractivity contribution in [2.75, 3.05) is 18.9 Å². The van der Waals surface area contributed by atoms with E-state index in [0.717, 1.165) is 17.7 Å². The molecule has 2 unspecified atom stereocenters. The first kappa shape index (κ1) is 20.1. The topological polar surface area (TPSA) is 62.3 Å². The van der Waals surface area contributed by atoms with Crippen LogP contribution in [0.1, 0.15) is 38.3 Å². The fourth-order valence-corrected chi connectivity index (χ4v) is 3.29. The SMILES string of the molecule is CN(CCc1ccncc1)C(=O)C1CC1C(=O)Nc1ccc(C(C)(C)C)cc1. The molecule has 1 aliphatic carbocycles. The van der Waals surface area contributed by atoms with Crippen molar-refractivity contribution in [2.45, 2.75) is 39.0 Å². The lowest BCUT2D eigenvalue weighted by Crippen LogP contribution is -2.31. The molecule has 28 heavy (non-hydrogen) atoms. The van der Waals surface area contributed by atoms with Gasteiger partial charge >= 0.3 is 0 Å². The number of pyridine rings is 1. The highest BCUT2D eigenvalue weighted by Gasteiger charge is 2.49. The molecule has 5 heteroatoms. The molecular formula is C23H29N3O2. The number of nitrogens with zero attached hydrogens (tertiary/aromatic N) is 2. The number of likely N-dealkylation sites (N-methyl/N-ethyl adjacent to an activating group) is 1. The highest BCUT2D eigenvalue weighted by Crippen LogP contribution is 2.40. The van der Waals surface area contributed by atoms with Gasteiger partial charge in [-0.15, -0.1) is 0 Å². The van der Waals surface area contributed by atoms with Gasteiger partial charge in [-0.2, -0.15) is 0 Å². The summed E-state index contributed by atoms with van der Waals surface area (Å²) < 4.78 is 0. The van der Waals surface area contributed by atoms with Crippen LogP contribution in [-0.2, 0) is 21.4 Å². The monoisotopic (exact) mass is 379 g/mol. The van der Waals surface area contributed by atoms with Crippen LogP contribution in [-0.4, -0.2) is 35.3 Å². The van der Waals surface area contributed by atoms with Gasteiger partial charge in [0.05, 0.1) is 11.8 Å². The zero-order valence-corrected chi connectivity index (χ0v) is 17.1. The largest absolute Gasteiger partial charge is 0.345 e. The van der Waals surface area contributed by atoms with E-state index in [4.69, 9.17) is 0 Å². The molecule has 0 saturated heterocycles. The Bertz CT molecular complexity index is 825. The van der Waals surface area contributed by atoms with Crippen LogP contribution in [0.4, 0.5) is 5.69 Å². The molecule has 0 spiro atoms. The number of carbonyl (C=O) groups is 2. The summed E-state index contributed by atoms with van der Waals surface area (Å²) in [6.07, 6.45) is 4.93. The van der Waals surface area contributed by atoms with Crippen molar-refractivity contribution in [3.05, 3.63) is 59.9 Å². The molecule has 148 valence electrons. The van der Waals surface area contributed by atoms with Gasteiger partial charge in [0.15, 0.2) is 0 Å². The molecule has 1 saturated carbocycles. The molecule has 1 fully saturated rings. The summed E-state index contributed by atoms with van der Waals surface area (Å²) in [5, 5.41) is 2.95. The highest BCUT2D eigenvalue weighted by molar-refractivity contribution is 5.99. The van der Waals surface area contributed by atoms with Crippen LogP contribution in [0.2, 0.25) is 0 Å². The average molecular weight is 380 g/mol. The summed E-state index contributed by atoms with van der Waals surface area (Å²) in [4.78, 5) is 30.8. The van der Waals surface area contributed by atoms with E-state index >= 15 is 0 Å². The zero-order valence-electron chi connectivity index (χ0n) is 17.1. The molecular weight excluding hydrogens is 350 g/mol. The van der Waals surface area contributed by atoms with E-state index in [2.05, 4.69) is 31.1 Å². The van der Waals surface area contributed by atoms with Gasteiger partial charge in [-0.3, -0.25) is 14.6 Å². The lowest BCUT2D eigenvalue weighted by Gasteiger charge is -2.19. The van der Waals surface area contributed by atoms with E-state index in [1.807, 2.05) is 43.4 Å². The number of aromatic nitrogens is 1. The number of hydrogen-bond acceptors (Lipinski definition) is 3. The van der Waals surface area contributed by atoms with Gasteiger partial charge < -0.3 is 10.2 Å². The van der Waals surface area contributed by atoms with Crippen LogP contribution >= 0.6 is 0 Å². The zero-order chi connectivity index (χ0) is 20.3. The summed E-state index contributed by atoms with van der Waals surface area (Å²) in [6.45, 7) is 7.12. The molecule has 5 nitrogen and oxygen atoms in total. The lowest BCUT2D eigenvalue weighted by molar-refractivity contribution is -0.132. The maximum absolute atomic E-state index is 12.6. The van der Waals surface area contributed by atoms with Crippen LogP contribution in [0.25, 0.3) is 0 Å². The van der Waals surface area contributed by atoms with Gasteiger partial charge in [-0.05, 0) is 53.6 Å². The number of anilines is 1. The second-order valence-electron chi connectivity index (χ2n) is 8.63. The third kappa shape index (κ3) is 4.97. The third-order valence-electron chi connectivity index (χ3n) is 5.32. The highest BCUT2D eigenvalue weighted by atomic mass is 16.2. The van der Waals surface area contributed by atoms with E-state index in [-0.39, 0.29) is 29.1 Å². The molecule has 3 rings (SSSR count). The number of amides is 2. The Morgan fingerprint density at radius 3 is 2.32 bits per heavy atom. The minimum atomic E-state index is -0.224. The van der Waals surface area contributed by atoms with Gasteiger partial charge in [0, 0.05) is 31.7 Å². The van der Waals surface area contributed by atoms with Gasteiger partial charge in [-0.1, -0.05) is 32.9 Å². The smallest absolute Gasteiger partial charge is 0.228 e. The van der Waals surface area contributed by atoms with Gasteiger partial charge in [-0.25, -0.2) is 0 Å². The lowest BCUT2D eigenvalue weighted by atomic mass is 9.87. The van der Waals surface area contributed by atoms with Crippen LogP contribution in [0.5, 0.6) is 0 Å². The first-order valence-electron chi connectivity index (χ1n) is 9.81. The van der Waals surface area contributed by atoms with Crippen LogP contribution in [0.15, 0.2) is 48.8 Å². The Morgan fingerprint density at radius 1 is 1.07 bits per heavy atom. The van der Waals surface area contributed by atoms with Crippen molar-refractivity contribution in [3.63, 3.8) is 0 Å². The Balaban J connectivity index is 1.48. The quantitative estimate of drug-likeness (QED) is 0.833. The number of benzene rings is 1. The van der Waals surface area contributed by atoms with Crippen LogP contribution in [0, 0.1) is 11.8 Å². The van der Waals surface area contributed by atoms with Crippen molar-refractivity contribution in [1.82, 2.24) is 9.88 Å². The Morgan fingerprint density at radius 2 is 1.71 bits per heavy atom. The maximum atomic E-state index is 12.6. The number of rotatable bonds is 6. The fraction of sp³-hybridized carbons (Fsp3) is 0.435. The second kappa shape index (κ2) is 8.13. The molecule has 2 amide bonds. The molecule has 1 aromatic heterocycles. The molecule has 1 heterocycles. The Labute approximate surface area is 167 Å². The molecule has 1 aliphatic rings. The van der Waals surface area contributed by atoms with Crippen molar-refractivity contribution in [2.24, 2.45) is 11.8 Å². The number of hydrogen-bond donors (Lipinski definition) is 1. The predicted octanol–water partition coefficient (Wildman–Crippen LogP) is 3.65. The van der Waals surface area contributed by atoms with Crippen molar-refractivity contribution in [3.8, 4) is 0 Å². The van der Waals surface area contributed by atoms with E-state index < -0.39 is 0 Å². The number of carbonyl (C=O) groups excluding carboxylic acids is 2. The minimum absolute atomic E-state index is 0.0530. The first-order valence-corrected chi connectivity index (χ1v) is 9.81. The second-order valence-corrected chi connectivity index (χ2v) is 8.63. The molecule has 2 aromatic rings. The van der Waals surface area contributed by atoms with Crippen molar-refractivity contribution < 1.29 is 9.59 Å². The summed E-state index contributed by atoms with van der Waals surface area (Å²) >= 11 is 0. The molecule has 1 N–H and O–H groups in total. The molecule has 0 bridgehead atoms. The first-order chi connectivity index (χ1) is 13.3. The minimum Gasteiger partial charge on any atom is -0.345 e. The van der Waals surface area contributed by atoms with E-state index in [0.29, 0.717) is 13.0 Å². The Kier molecular flexibility index (Phi) is 5.82. The summed E-state index contributed by atoms with van der Waals surface area (Å²) in [7, 11) is 1.81. The fourth-order valence-electron chi connectivity index (χ4n) is 3.29. The van der Waals surface area contributed by atoms with Crippen molar-refractivity contribution >= 4 is 17.5 Å². The summed E-state index contributed by atoms with van der Waals surface area (Å²) in [5.41, 5.74) is 3.23. The molecule has 0 radical (unpaired) electrons. The molecule has 2 atom stereocenters. The Hall–Kier alpha value is -2.69. The van der Waals surface area contributed by atoms with Crippen LogP contribution in [0.3, 0.4) is 0 Å². The third-order valence-corrected chi connectivity index (χ3v) is 5.32. The molecule has 1 aromatic carbocycles. The average Bonchev–Trinajstić information content (AvgIpc) is 3.47. The van der Waals surface area contributed by atoms with E-state index in [9.17, 15) is 9.59 Å². The van der Waals surface area contributed by atoms with E-state index in [1.54, 1.807) is 17.3 Å². The van der Waals surface area contributed by atoms with Gasteiger partial charge in [0.25, 0.3) is 0 Å². The van der Waals surface area contributed by atoms with Crippen molar-refractivity contribution in [1.29, 1.82) is 0 Å². The molecule has 0 aliphatic heterocycles. The van der Waals surface area contributed by atoms with E-state index in [1.165, 1.54) is 5.56 Å². The summed E-state index contributed by atoms with van der Waals surface area (Å²) in [6, 6.07) is 11.8. The standard InChI is InChI=1S/C23H29N3O2/c1-23(2,3)17-5-7-18(8-6-17)25-21(27)19-15-20(19)22(28)26(4)14-11-16-9-12-24-13-10-16/h5-10,12-13,19-20H,11,14-15H2,1-4H3,(H,25,27). The maximum Gasteiger partial charge on any atom is 0.228 e. The normalized spacial score (nSPS) is 18.4.